The third-order valence-corrected chi connectivity index (χ3v) is 6.39. The van der Waals surface area contributed by atoms with Crippen LogP contribution in [0.3, 0.4) is 0 Å². The van der Waals surface area contributed by atoms with Crippen LogP contribution in [-0.4, -0.2) is 66.6 Å². The Morgan fingerprint density at radius 1 is 1.35 bits per heavy atom. The van der Waals surface area contributed by atoms with Gasteiger partial charge in [0.25, 0.3) is 5.91 Å². The quantitative estimate of drug-likeness (QED) is 0.620. The first-order valence-electron chi connectivity index (χ1n) is 11.1. The van der Waals surface area contributed by atoms with Gasteiger partial charge >= 0.3 is 6.03 Å². The maximum atomic E-state index is 13.1. The van der Waals surface area contributed by atoms with Crippen molar-refractivity contribution in [2.75, 3.05) is 32.6 Å². The van der Waals surface area contributed by atoms with Crippen LogP contribution in [0, 0.1) is 5.92 Å². The van der Waals surface area contributed by atoms with E-state index in [2.05, 4.69) is 10.3 Å². The van der Waals surface area contributed by atoms with E-state index in [1.165, 1.54) is 4.90 Å². The van der Waals surface area contributed by atoms with Crippen molar-refractivity contribution in [3.63, 3.8) is 0 Å². The molecule has 31 heavy (non-hydrogen) atoms. The van der Waals surface area contributed by atoms with Crippen molar-refractivity contribution in [3.05, 3.63) is 30.3 Å². The van der Waals surface area contributed by atoms with E-state index in [-0.39, 0.29) is 23.9 Å². The molecule has 0 radical (unpaired) electrons. The molecular weight excluding hydrogens is 394 g/mol. The molecule has 0 aromatic heterocycles. The number of rotatable bonds is 8. The van der Waals surface area contributed by atoms with Crippen molar-refractivity contribution in [2.24, 2.45) is 16.6 Å². The highest BCUT2D eigenvalue weighted by Crippen LogP contribution is 2.37. The molecule has 3 N–H and O–H groups in total. The number of nitrogens with two attached hydrogens (primary N) is 1. The number of amides is 3. The number of hydrogen-bond acceptors (Lipinski definition) is 5. The fraction of sp³-hybridized carbons (Fsp3) is 0.609. The lowest BCUT2D eigenvalue weighted by molar-refractivity contribution is -0.130. The minimum absolute atomic E-state index is 0.0501. The normalized spacial score (nSPS) is 26.0. The number of nitrogens with zero attached hydrogens (tertiary/aromatic N) is 3. The second kappa shape index (κ2) is 10.1. The van der Waals surface area contributed by atoms with E-state index in [1.54, 1.807) is 14.2 Å². The Bertz CT molecular complexity index is 800. The van der Waals surface area contributed by atoms with Crippen molar-refractivity contribution in [2.45, 2.75) is 57.0 Å². The zero-order chi connectivity index (χ0) is 22.4. The SMILES string of the molecule is COCCCN(C(=O)Nc1ccccc1)[C@H]1CCC[C@H](C[C@@]2(C)N=C(N)N(C)C2=O)C1. The predicted octanol–water partition coefficient (Wildman–Crippen LogP) is 3.05. The lowest BCUT2D eigenvalue weighted by Gasteiger charge is -2.39. The first kappa shape index (κ1) is 23.1. The van der Waals surface area contributed by atoms with Crippen molar-refractivity contribution in [1.82, 2.24) is 9.80 Å². The van der Waals surface area contributed by atoms with Crippen LogP contribution in [0.2, 0.25) is 0 Å². The molecule has 1 saturated carbocycles. The predicted molar refractivity (Wildman–Crippen MR) is 122 cm³/mol. The van der Waals surface area contributed by atoms with Crippen molar-refractivity contribution >= 4 is 23.6 Å². The summed E-state index contributed by atoms with van der Waals surface area (Å²) in [5.74, 6) is 0.541. The summed E-state index contributed by atoms with van der Waals surface area (Å²) in [6.45, 7) is 3.11. The molecule has 2 aliphatic rings. The van der Waals surface area contributed by atoms with Gasteiger partial charge in [-0.15, -0.1) is 0 Å². The van der Waals surface area contributed by atoms with Crippen LogP contribution in [0.1, 0.15) is 45.4 Å². The third-order valence-electron chi connectivity index (χ3n) is 6.39. The summed E-state index contributed by atoms with van der Waals surface area (Å²) in [6, 6.07) is 9.56. The standard InChI is InChI=1S/C23H35N5O3/c1-23(20(29)27(2)21(24)26-23)16-17-9-7-12-19(15-17)28(13-8-14-31-3)22(30)25-18-10-5-4-6-11-18/h4-6,10-11,17,19H,7-9,12-16H2,1-3H3,(H2,24,26)(H,25,30)/t17-,19-,23+/m0/s1. The lowest BCUT2D eigenvalue weighted by Crippen LogP contribution is -2.47. The molecular formula is C23H35N5O3. The summed E-state index contributed by atoms with van der Waals surface area (Å²) < 4.78 is 5.21. The molecule has 0 saturated heterocycles. The first-order chi connectivity index (χ1) is 14.8. The van der Waals surface area contributed by atoms with E-state index >= 15 is 0 Å². The molecule has 8 heteroatoms. The molecule has 3 rings (SSSR count). The van der Waals surface area contributed by atoms with Gasteiger partial charge in [-0.3, -0.25) is 9.69 Å². The topological polar surface area (TPSA) is 100 Å². The molecule has 3 atom stereocenters. The summed E-state index contributed by atoms with van der Waals surface area (Å²) in [6.07, 6.45) is 5.30. The zero-order valence-corrected chi connectivity index (χ0v) is 18.8. The number of hydrogen-bond donors (Lipinski definition) is 2. The molecule has 0 unspecified atom stereocenters. The van der Waals surface area contributed by atoms with Crippen LogP contribution < -0.4 is 11.1 Å². The molecule has 1 heterocycles. The van der Waals surface area contributed by atoms with Gasteiger partial charge in [0.15, 0.2) is 5.96 Å². The van der Waals surface area contributed by atoms with Gasteiger partial charge < -0.3 is 20.7 Å². The van der Waals surface area contributed by atoms with Gasteiger partial charge in [-0.25, -0.2) is 9.79 Å². The second-order valence-electron chi connectivity index (χ2n) is 8.83. The molecule has 0 bridgehead atoms. The molecule has 8 nitrogen and oxygen atoms in total. The van der Waals surface area contributed by atoms with E-state index < -0.39 is 5.54 Å². The number of ether oxygens (including phenoxy) is 1. The summed E-state index contributed by atoms with van der Waals surface area (Å²) in [5.41, 5.74) is 5.87. The molecule has 1 aliphatic carbocycles. The van der Waals surface area contributed by atoms with E-state index in [1.807, 2.05) is 42.2 Å². The van der Waals surface area contributed by atoms with Crippen LogP contribution >= 0.6 is 0 Å². The van der Waals surface area contributed by atoms with Gasteiger partial charge in [0.1, 0.15) is 5.54 Å². The van der Waals surface area contributed by atoms with E-state index in [0.717, 1.165) is 37.8 Å². The smallest absolute Gasteiger partial charge is 0.322 e. The first-order valence-corrected chi connectivity index (χ1v) is 11.1. The number of para-hydroxylation sites is 1. The molecule has 1 fully saturated rings. The minimum Gasteiger partial charge on any atom is -0.385 e. The fourth-order valence-electron chi connectivity index (χ4n) is 4.81. The van der Waals surface area contributed by atoms with E-state index in [0.29, 0.717) is 25.5 Å². The number of nitrogens with one attached hydrogen (secondary N) is 1. The van der Waals surface area contributed by atoms with Crippen LogP contribution in [0.15, 0.2) is 35.3 Å². The number of guanidine groups is 1. The second-order valence-corrected chi connectivity index (χ2v) is 8.83. The maximum Gasteiger partial charge on any atom is 0.322 e. The zero-order valence-electron chi connectivity index (χ0n) is 18.8. The van der Waals surface area contributed by atoms with Crippen LogP contribution in [0.25, 0.3) is 0 Å². The van der Waals surface area contributed by atoms with Crippen LogP contribution in [0.4, 0.5) is 10.5 Å². The van der Waals surface area contributed by atoms with Crippen LogP contribution in [0.5, 0.6) is 0 Å². The monoisotopic (exact) mass is 429 g/mol. The minimum atomic E-state index is -0.807. The Balaban J connectivity index is 1.68. The Hall–Kier alpha value is -2.61. The average molecular weight is 430 g/mol. The van der Waals surface area contributed by atoms with Crippen molar-refractivity contribution in [3.8, 4) is 0 Å². The van der Waals surface area contributed by atoms with E-state index in [9.17, 15) is 9.59 Å². The van der Waals surface area contributed by atoms with Gasteiger partial charge in [-0.05, 0) is 50.7 Å². The van der Waals surface area contributed by atoms with Crippen molar-refractivity contribution in [1.29, 1.82) is 0 Å². The van der Waals surface area contributed by atoms with Gasteiger partial charge in [-0.1, -0.05) is 31.0 Å². The molecule has 1 aromatic carbocycles. The number of urea groups is 1. The largest absolute Gasteiger partial charge is 0.385 e. The molecule has 0 spiro atoms. The maximum absolute atomic E-state index is 13.1. The van der Waals surface area contributed by atoms with Gasteiger partial charge in [0.05, 0.1) is 0 Å². The number of methoxy groups -OCH3 is 1. The Morgan fingerprint density at radius 2 is 2.10 bits per heavy atom. The van der Waals surface area contributed by atoms with Gasteiger partial charge in [-0.2, -0.15) is 0 Å². The lowest BCUT2D eigenvalue weighted by atomic mass is 9.77. The highest BCUT2D eigenvalue weighted by molar-refractivity contribution is 6.06. The Morgan fingerprint density at radius 3 is 2.74 bits per heavy atom. The third kappa shape index (κ3) is 5.55. The highest BCUT2D eigenvalue weighted by atomic mass is 16.5. The summed E-state index contributed by atoms with van der Waals surface area (Å²) in [4.78, 5) is 33.6. The number of anilines is 1. The van der Waals surface area contributed by atoms with Crippen molar-refractivity contribution < 1.29 is 14.3 Å². The van der Waals surface area contributed by atoms with Gasteiger partial charge in [0, 0.05) is 39.0 Å². The number of aliphatic imine (C=N–C) groups is 1. The fourth-order valence-corrected chi connectivity index (χ4v) is 4.81. The summed E-state index contributed by atoms with van der Waals surface area (Å²) in [5, 5.41) is 3.03. The summed E-state index contributed by atoms with van der Waals surface area (Å²) in [7, 11) is 3.34. The molecule has 1 aliphatic heterocycles. The Kier molecular flexibility index (Phi) is 7.54. The van der Waals surface area contributed by atoms with Crippen LogP contribution in [-0.2, 0) is 9.53 Å². The number of carbonyl (C=O) groups excluding carboxylic acids is 2. The Labute approximate surface area is 184 Å². The van der Waals surface area contributed by atoms with Gasteiger partial charge in [0.2, 0.25) is 0 Å². The highest BCUT2D eigenvalue weighted by Gasteiger charge is 2.44. The average Bonchev–Trinajstić information content (AvgIpc) is 2.94. The molecule has 170 valence electrons. The number of carbonyl (C=O) groups is 2. The van der Waals surface area contributed by atoms with E-state index in [4.69, 9.17) is 10.5 Å². The molecule has 1 aromatic rings. The molecule has 3 amide bonds. The summed E-state index contributed by atoms with van der Waals surface area (Å²) >= 11 is 0. The number of benzene rings is 1. The number of likely N-dealkylation sites (N-methyl/N-ethyl adjacent to an activating group) is 1.